The third-order valence-corrected chi connectivity index (χ3v) is 13.7. The van der Waals surface area contributed by atoms with E-state index in [-0.39, 0.29) is 45.3 Å². The number of rotatable bonds is 18. The first-order chi connectivity index (χ1) is 36.3. The van der Waals surface area contributed by atoms with Gasteiger partial charge < -0.3 is 48.8 Å². The molecule has 0 aliphatic carbocycles. The van der Waals surface area contributed by atoms with Crippen molar-refractivity contribution in [3.8, 4) is 33.8 Å². The summed E-state index contributed by atoms with van der Waals surface area (Å²) >= 11 is 0. The predicted molar refractivity (Wildman–Crippen MR) is 280 cm³/mol. The van der Waals surface area contributed by atoms with Crippen LogP contribution >= 0.6 is 0 Å². The van der Waals surface area contributed by atoms with Crippen LogP contribution in [0.5, 0.6) is 11.5 Å². The Morgan fingerprint density at radius 3 is 1.81 bits per heavy atom. The number of hydrogen-bond acceptors (Lipinski definition) is 17. The minimum atomic E-state index is -1.26. The predicted octanol–water partition coefficient (Wildman–Crippen LogP) is 6.47. The maximum Gasteiger partial charge on any atom is 0.330 e. The van der Waals surface area contributed by atoms with E-state index in [4.69, 9.17) is 33.2 Å². The largest absolute Gasteiger partial charge is 0.496 e. The molecule has 9 aromatic rings. The van der Waals surface area contributed by atoms with Gasteiger partial charge in [-0.05, 0) is 90.1 Å². The molecule has 3 N–H and O–H groups in total. The highest BCUT2D eigenvalue weighted by Crippen LogP contribution is 2.49. The number of aryl methyl sites for hydroxylation is 4. The number of aliphatic hydroxyl groups is 1. The van der Waals surface area contributed by atoms with E-state index in [1.54, 1.807) is 48.5 Å². The number of pyridine rings is 4. The minimum Gasteiger partial charge on any atom is -0.496 e. The lowest BCUT2D eigenvalue weighted by molar-refractivity contribution is -0.122. The van der Waals surface area contributed by atoms with Crippen molar-refractivity contribution in [3.63, 3.8) is 0 Å². The lowest BCUT2D eigenvalue weighted by Gasteiger charge is -2.32. The number of aliphatic hydroxyl groups excluding tert-OH is 1. The Balaban J connectivity index is 0.803. The van der Waals surface area contributed by atoms with E-state index in [2.05, 4.69) is 30.9 Å². The number of anilines is 2. The smallest absolute Gasteiger partial charge is 0.330 e. The molecule has 21 nitrogen and oxygen atoms in total. The number of amides is 2. The second-order valence-electron chi connectivity index (χ2n) is 18.3. The average molecular weight is 1020 g/mol. The monoisotopic (exact) mass is 1020 g/mol. The van der Waals surface area contributed by atoms with Crippen LogP contribution in [0.3, 0.4) is 0 Å². The Morgan fingerprint density at radius 1 is 0.720 bits per heavy atom. The van der Waals surface area contributed by atoms with Crippen LogP contribution in [0, 0.1) is 27.7 Å². The standard InChI is InChI=1S/C54H56N12O9/c1-29-49(33(5)74-61-29)37-21-41-35(23-45(37)71-7)51-43(25-59-41)63(53(69)65(51)31(3)39-13-9-11-15-55-39)27-47(67)57-17-19-73-20-18-58-48(68)28-64-44-26-60-42-22-38(50-30(2)62-75-34(50)6)46(72-8)24-36(42)52(44)66(54(64)70)32(4)40-14-10-12-16-56-40/h9-16,21-26,31-32,53,69H,17-20,27-28H2,1-8H3,(H,57,67)(H,58,68). The van der Waals surface area contributed by atoms with Gasteiger partial charge in [-0.1, -0.05) is 22.4 Å². The van der Waals surface area contributed by atoms with Crippen molar-refractivity contribution >= 4 is 56.0 Å². The van der Waals surface area contributed by atoms with Gasteiger partial charge in [-0.15, -0.1) is 0 Å². The average Bonchev–Trinajstić information content (AvgIpc) is 4.14. The zero-order valence-electron chi connectivity index (χ0n) is 42.7. The van der Waals surface area contributed by atoms with Crippen molar-refractivity contribution in [2.75, 3.05) is 56.9 Å². The van der Waals surface area contributed by atoms with Gasteiger partial charge in [0, 0.05) is 47.4 Å². The zero-order valence-corrected chi connectivity index (χ0v) is 42.7. The number of benzene rings is 2. The molecule has 10 rings (SSSR count). The molecule has 2 amide bonds. The van der Waals surface area contributed by atoms with Crippen LogP contribution in [-0.4, -0.2) is 110 Å². The Bertz CT molecular complexity index is 3630. The second-order valence-corrected chi connectivity index (χ2v) is 18.3. The summed E-state index contributed by atoms with van der Waals surface area (Å²) in [5.74, 6) is 1.59. The van der Waals surface area contributed by atoms with E-state index in [0.29, 0.717) is 84.3 Å². The summed E-state index contributed by atoms with van der Waals surface area (Å²) in [4.78, 5) is 63.7. The highest BCUT2D eigenvalue weighted by molar-refractivity contribution is 6.06. The molecule has 3 unspecified atom stereocenters. The lowest BCUT2D eigenvalue weighted by atomic mass is 9.99. The number of ether oxygens (including phenoxy) is 3. The van der Waals surface area contributed by atoms with Crippen LogP contribution in [0.4, 0.5) is 11.4 Å². The van der Waals surface area contributed by atoms with Crippen molar-refractivity contribution < 1.29 is 38.0 Å². The Hall–Kier alpha value is -8.69. The van der Waals surface area contributed by atoms with Gasteiger partial charge in [0.05, 0.1) is 119 Å². The Kier molecular flexibility index (Phi) is 13.7. The molecule has 0 saturated heterocycles. The van der Waals surface area contributed by atoms with Gasteiger partial charge in [-0.25, -0.2) is 4.79 Å². The molecule has 3 atom stereocenters. The molecule has 0 bridgehead atoms. The third kappa shape index (κ3) is 9.13. The van der Waals surface area contributed by atoms with Gasteiger partial charge in [0.1, 0.15) is 36.1 Å². The fourth-order valence-electron chi connectivity index (χ4n) is 10.1. The number of nitrogens with one attached hydrogen (secondary N) is 2. The van der Waals surface area contributed by atoms with Gasteiger partial charge >= 0.3 is 5.69 Å². The molecule has 0 fully saturated rings. The highest BCUT2D eigenvalue weighted by atomic mass is 16.5. The van der Waals surface area contributed by atoms with E-state index in [0.717, 1.165) is 27.9 Å². The first-order valence-electron chi connectivity index (χ1n) is 24.4. The number of fused-ring (bicyclic) bond motifs is 6. The van der Waals surface area contributed by atoms with Crippen LogP contribution in [0.15, 0.2) is 99.3 Å². The van der Waals surface area contributed by atoms with E-state index in [1.807, 2.05) is 107 Å². The summed E-state index contributed by atoms with van der Waals surface area (Å²) in [6.45, 7) is 11.3. The summed E-state index contributed by atoms with van der Waals surface area (Å²) in [6, 6.07) is 17.7. The lowest BCUT2D eigenvalue weighted by Crippen LogP contribution is -2.48. The number of aromatic nitrogens is 8. The SMILES string of the molecule is COc1cc2c3c(cnc2cc1-c1c(C)noc1C)N(CC(=O)NCCOCCNC(=O)Cn1c(=O)n(C(C)c2ccccn2)c2c4cc(OC)c(-c5c(C)noc5C)cc4ncc21)C(O)N3C(C)c1ccccn1. The second kappa shape index (κ2) is 20.7. The van der Waals surface area contributed by atoms with Gasteiger partial charge in [0.2, 0.25) is 18.2 Å². The first kappa shape index (κ1) is 49.9. The summed E-state index contributed by atoms with van der Waals surface area (Å²) in [7, 11) is 3.17. The number of nitrogens with zero attached hydrogens (tertiary/aromatic N) is 10. The molecule has 1 aliphatic heterocycles. The molecule has 75 heavy (non-hydrogen) atoms. The van der Waals surface area contributed by atoms with E-state index in [1.165, 1.54) is 4.57 Å². The summed E-state index contributed by atoms with van der Waals surface area (Å²) in [5, 5.41) is 27.4. The van der Waals surface area contributed by atoms with Crippen molar-refractivity contribution in [1.29, 1.82) is 0 Å². The minimum absolute atomic E-state index is 0.132. The Morgan fingerprint density at radius 2 is 1.27 bits per heavy atom. The first-order valence-corrected chi connectivity index (χ1v) is 24.4. The van der Waals surface area contributed by atoms with Crippen molar-refractivity contribution in [2.24, 2.45) is 0 Å². The van der Waals surface area contributed by atoms with Crippen molar-refractivity contribution in [2.45, 2.75) is 66.5 Å². The van der Waals surface area contributed by atoms with Crippen LogP contribution in [0.25, 0.3) is 55.1 Å². The third-order valence-electron chi connectivity index (χ3n) is 13.7. The molecule has 8 heterocycles. The molecule has 7 aromatic heterocycles. The number of hydrogen-bond donors (Lipinski definition) is 3. The van der Waals surface area contributed by atoms with E-state index < -0.39 is 30.0 Å². The molecule has 0 radical (unpaired) electrons. The van der Waals surface area contributed by atoms with Crippen molar-refractivity contribution in [1.82, 2.24) is 50.0 Å². The number of methoxy groups -OCH3 is 2. The molecular formula is C54H56N12O9. The van der Waals surface area contributed by atoms with Crippen LogP contribution in [0.1, 0.15) is 60.2 Å². The van der Waals surface area contributed by atoms with Gasteiger partial charge in [0.25, 0.3) is 0 Å². The summed E-state index contributed by atoms with van der Waals surface area (Å²) in [6.07, 6.45) is 5.38. The quantitative estimate of drug-likeness (QED) is 0.0780. The maximum absolute atomic E-state index is 14.5. The number of imidazole rings is 1. The molecule has 0 saturated carbocycles. The van der Waals surface area contributed by atoms with Gasteiger partial charge in [-0.3, -0.25) is 38.7 Å². The topological polar surface area (TPSA) is 243 Å². The molecular weight excluding hydrogens is 961 g/mol. The number of carbonyl (C=O) groups excluding carboxylic acids is 2. The highest BCUT2D eigenvalue weighted by Gasteiger charge is 2.41. The van der Waals surface area contributed by atoms with Gasteiger partial charge in [-0.2, -0.15) is 0 Å². The van der Waals surface area contributed by atoms with Crippen LogP contribution in [0.2, 0.25) is 0 Å². The molecule has 1 aliphatic rings. The molecule has 21 heteroatoms. The fraction of sp³-hybridized carbons (Fsp3) is 0.315. The summed E-state index contributed by atoms with van der Waals surface area (Å²) < 4.78 is 31.6. The fourth-order valence-corrected chi connectivity index (χ4v) is 10.1. The van der Waals surface area contributed by atoms with Crippen molar-refractivity contribution in [3.05, 3.63) is 130 Å². The normalized spacial score (nSPS) is 14.2. The maximum atomic E-state index is 14.5. The molecule has 0 spiro atoms. The Labute approximate surface area is 430 Å². The van der Waals surface area contributed by atoms with E-state index in [9.17, 15) is 19.5 Å². The summed E-state index contributed by atoms with van der Waals surface area (Å²) in [5.41, 5.74) is 8.96. The number of carbonyl (C=O) groups is 2. The zero-order chi connectivity index (χ0) is 52.7. The van der Waals surface area contributed by atoms with Gasteiger partial charge in [0.15, 0.2) is 0 Å². The van der Waals surface area contributed by atoms with Crippen LogP contribution < -0.4 is 35.6 Å². The molecule has 2 aromatic carbocycles. The van der Waals surface area contributed by atoms with E-state index >= 15 is 0 Å². The molecule has 386 valence electrons. The van der Waals surface area contributed by atoms with Crippen LogP contribution in [-0.2, 0) is 20.9 Å².